The van der Waals surface area contributed by atoms with Crippen molar-refractivity contribution in [3.63, 3.8) is 0 Å². The Balaban J connectivity index is 2.76. The highest BCUT2D eigenvalue weighted by molar-refractivity contribution is 9.09. The third-order valence-electron chi connectivity index (χ3n) is 2.01. The van der Waals surface area contributed by atoms with Crippen molar-refractivity contribution in [2.45, 2.75) is 6.92 Å². The molecule has 6 heteroatoms. The number of hydrogen-bond acceptors (Lipinski definition) is 4. The number of alkyl halides is 1. The summed E-state index contributed by atoms with van der Waals surface area (Å²) >= 11 is 3.16. The van der Waals surface area contributed by atoms with E-state index in [2.05, 4.69) is 15.9 Å². The average Bonchev–Trinajstić information content (AvgIpc) is 2.31. The second-order valence-corrected chi connectivity index (χ2v) is 3.65. The third-order valence-corrected chi connectivity index (χ3v) is 2.62. The van der Waals surface area contributed by atoms with Gasteiger partial charge in [0, 0.05) is 23.0 Å². The number of ether oxygens (including phenoxy) is 1. The summed E-state index contributed by atoms with van der Waals surface area (Å²) in [5.74, 6) is -0.195. The Morgan fingerprint density at radius 3 is 2.47 bits per heavy atom. The normalized spacial score (nSPS) is 11.1. The first-order valence-corrected chi connectivity index (χ1v) is 5.88. The Bertz CT molecular complexity index is 453. The van der Waals surface area contributed by atoms with E-state index in [9.17, 15) is 14.9 Å². The van der Waals surface area contributed by atoms with Crippen LogP contribution in [0.5, 0.6) is 5.75 Å². The molecule has 90 valence electrons. The zero-order chi connectivity index (χ0) is 12.8. The van der Waals surface area contributed by atoms with Crippen molar-refractivity contribution in [1.29, 1.82) is 0 Å². The van der Waals surface area contributed by atoms with Crippen LogP contribution in [-0.4, -0.2) is 16.2 Å². The number of hydrogen-bond donors (Lipinski definition) is 0. The standard InChI is InChI=1S/C11H10BrNO4/c1-2-8(7-12)11(14)17-10-5-3-9(4-6-10)13(15)16/h2-6H,7H2,1H3. The van der Waals surface area contributed by atoms with E-state index >= 15 is 0 Å². The van der Waals surface area contributed by atoms with Gasteiger partial charge in [0.2, 0.25) is 0 Å². The highest BCUT2D eigenvalue weighted by Gasteiger charge is 2.11. The van der Waals surface area contributed by atoms with E-state index in [-0.39, 0.29) is 11.4 Å². The number of non-ortho nitro benzene ring substituents is 1. The summed E-state index contributed by atoms with van der Waals surface area (Å²) in [5, 5.41) is 10.8. The van der Waals surface area contributed by atoms with Gasteiger partial charge in [0.25, 0.3) is 5.69 Å². The second-order valence-electron chi connectivity index (χ2n) is 3.09. The van der Waals surface area contributed by atoms with Crippen LogP contribution >= 0.6 is 15.9 Å². The largest absolute Gasteiger partial charge is 0.423 e. The first-order valence-electron chi connectivity index (χ1n) is 4.76. The van der Waals surface area contributed by atoms with Crippen molar-refractivity contribution in [3.8, 4) is 5.75 Å². The number of nitro benzene ring substituents is 1. The zero-order valence-electron chi connectivity index (χ0n) is 9.05. The highest BCUT2D eigenvalue weighted by Crippen LogP contribution is 2.18. The van der Waals surface area contributed by atoms with Crippen molar-refractivity contribution in [2.75, 3.05) is 5.33 Å². The summed E-state index contributed by atoms with van der Waals surface area (Å²) in [4.78, 5) is 21.4. The Kier molecular flexibility index (Phi) is 4.84. The van der Waals surface area contributed by atoms with Gasteiger partial charge in [-0.1, -0.05) is 22.0 Å². The number of rotatable bonds is 4. The molecule has 0 N–H and O–H groups in total. The molecule has 0 unspecified atom stereocenters. The Morgan fingerprint density at radius 2 is 2.06 bits per heavy atom. The van der Waals surface area contributed by atoms with Crippen molar-refractivity contribution in [3.05, 3.63) is 46.0 Å². The van der Waals surface area contributed by atoms with Crippen molar-refractivity contribution in [2.24, 2.45) is 0 Å². The minimum atomic E-state index is -0.512. The lowest BCUT2D eigenvalue weighted by atomic mass is 10.3. The molecule has 0 aliphatic carbocycles. The number of carbonyl (C=O) groups excluding carboxylic acids is 1. The topological polar surface area (TPSA) is 69.4 Å². The molecule has 0 aliphatic rings. The lowest BCUT2D eigenvalue weighted by Crippen LogP contribution is -2.11. The van der Waals surface area contributed by atoms with Crippen LogP contribution in [0.25, 0.3) is 0 Å². The van der Waals surface area contributed by atoms with Crippen LogP contribution in [0.15, 0.2) is 35.9 Å². The molecule has 1 rings (SSSR count). The van der Waals surface area contributed by atoms with Gasteiger partial charge in [-0.3, -0.25) is 10.1 Å². The molecule has 0 amide bonds. The van der Waals surface area contributed by atoms with E-state index in [1.165, 1.54) is 24.3 Å². The molecule has 1 aromatic carbocycles. The van der Waals surface area contributed by atoms with E-state index < -0.39 is 10.9 Å². The molecule has 0 aromatic heterocycles. The number of halogens is 1. The van der Waals surface area contributed by atoms with Gasteiger partial charge in [-0.25, -0.2) is 4.79 Å². The van der Waals surface area contributed by atoms with Crippen LogP contribution in [-0.2, 0) is 4.79 Å². The molecule has 0 saturated heterocycles. The molecule has 0 aliphatic heterocycles. The van der Waals surface area contributed by atoms with Crippen molar-refractivity contribution in [1.82, 2.24) is 0 Å². The number of esters is 1. The van der Waals surface area contributed by atoms with Crippen LogP contribution in [0.4, 0.5) is 5.69 Å². The molecule has 0 radical (unpaired) electrons. The Hall–Kier alpha value is -1.69. The fraction of sp³-hybridized carbons (Fsp3) is 0.182. The highest BCUT2D eigenvalue weighted by atomic mass is 79.9. The van der Waals surface area contributed by atoms with Gasteiger partial charge < -0.3 is 4.74 Å². The van der Waals surface area contributed by atoms with Gasteiger partial charge in [-0.15, -0.1) is 0 Å². The maximum atomic E-state index is 11.5. The molecular formula is C11H10BrNO4. The smallest absolute Gasteiger partial charge is 0.339 e. The number of nitrogens with zero attached hydrogens (tertiary/aromatic N) is 1. The fourth-order valence-corrected chi connectivity index (χ4v) is 1.61. The Labute approximate surface area is 106 Å². The van der Waals surface area contributed by atoms with Crippen molar-refractivity contribution < 1.29 is 14.5 Å². The van der Waals surface area contributed by atoms with Crippen LogP contribution in [0, 0.1) is 10.1 Å². The molecular weight excluding hydrogens is 290 g/mol. The maximum Gasteiger partial charge on any atom is 0.339 e. The van der Waals surface area contributed by atoms with Crippen LogP contribution in [0.3, 0.4) is 0 Å². The first-order chi connectivity index (χ1) is 8.08. The van der Waals surface area contributed by atoms with E-state index in [4.69, 9.17) is 4.74 Å². The molecule has 0 heterocycles. The molecule has 0 fully saturated rings. The predicted octanol–water partition coefficient (Wildman–Crippen LogP) is 2.84. The van der Waals surface area contributed by atoms with Crippen molar-refractivity contribution >= 4 is 27.6 Å². The van der Waals surface area contributed by atoms with Gasteiger partial charge in [-0.2, -0.15) is 0 Å². The minimum Gasteiger partial charge on any atom is -0.423 e. The SMILES string of the molecule is CC=C(CBr)C(=O)Oc1ccc([N+](=O)[O-])cc1. The predicted molar refractivity (Wildman–Crippen MR) is 66.3 cm³/mol. The van der Waals surface area contributed by atoms with Gasteiger partial charge >= 0.3 is 5.97 Å². The number of benzene rings is 1. The lowest BCUT2D eigenvalue weighted by Gasteiger charge is -2.04. The van der Waals surface area contributed by atoms with Gasteiger partial charge in [0.1, 0.15) is 5.75 Å². The van der Waals surface area contributed by atoms with E-state index in [0.29, 0.717) is 10.9 Å². The van der Waals surface area contributed by atoms with Crippen LogP contribution in [0.1, 0.15) is 6.92 Å². The monoisotopic (exact) mass is 299 g/mol. The summed E-state index contributed by atoms with van der Waals surface area (Å²) in [5.41, 5.74) is 0.444. The number of carbonyl (C=O) groups is 1. The molecule has 0 bridgehead atoms. The maximum absolute atomic E-state index is 11.5. The minimum absolute atomic E-state index is 0.0449. The number of nitro groups is 1. The lowest BCUT2D eigenvalue weighted by molar-refractivity contribution is -0.384. The summed E-state index contributed by atoms with van der Waals surface area (Å²) in [6.07, 6.45) is 1.64. The molecule has 5 nitrogen and oxygen atoms in total. The first kappa shape index (κ1) is 13.4. The zero-order valence-corrected chi connectivity index (χ0v) is 10.6. The Morgan fingerprint density at radius 1 is 1.47 bits per heavy atom. The summed E-state index contributed by atoms with van der Waals surface area (Å²) in [7, 11) is 0. The van der Waals surface area contributed by atoms with Crippen LogP contribution < -0.4 is 4.74 Å². The second kappa shape index (κ2) is 6.15. The van der Waals surface area contributed by atoms with E-state index in [1.807, 2.05) is 0 Å². The fourth-order valence-electron chi connectivity index (χ4n) is 1.06. The molecule has 0 spiro atoms. The van der Waals surface area contributed by atoms with Crippen LogP contribution in [0.2, 0.25) is 0 Å². The average molecular weight is 300 g/mol. The summed E-state index contributed by atoms with van der Waals surface area (Å²) < 4.78 is 5.03. The van der Waals surface area contributed by atoms with Gasteiger partial charge in [-0.05, 0) is 19.1 Å². The van der Waals surface area contributed by atoms with E-state index in [0.717, 1.165) is 0 Å². The molecule has 1 aromatic rings. The van der Waals surface area contributed by atoms with E-state index in [1.54, 1.807) is 13.0 Å². The summed E-state index contributed by atoms with van der Waals surface area (Å²) in [6.45, 7) is 1.73. The third kappa shape index (κ3) is 3.67. The summed E-state index contributed by atoms with van der Waals surface area (Å²) in [6, 6.07) is 5.34. The molecule has 0 atom stereocenters. The van der Waals surface area contributed by atoms with Gasteiger partial charge in [0.15, 0.2) is 0 Å². The number of allylic oxidation sites excluding steroid dienone is 1. The molecule has 17 heavy (non-hydrogen) atoms. The van der Waals surface area contributed by atoms with Gasteiger partial charge in [0.05, 0.1) is 4.92 Å². The molecule has 0 saturated carbocycles. The quantitative estimate of drug-likeness (QED) is 0.214.